The largest absolute Gasteiger partial charge is 0.495 e. The summed E-state index contributed by atoms with van der Waals surface area (Å²) in [5.41, 5.74) is 4.50. The maximum atomic E-state index is 5.65. The average Bonchev–Trinajstić information content (AvgIpc) is 3.17. The van der Waals surface area contributed by atoms with Crippen LogP contribution < -0.4 is 10.1 Å². The van der Waals surface area contributed by atoms with Crippen LogP contribution in [0.15, 0.2) is 24.5 Å². The van der Waals surface area contributed by atoms with E-state index in [1.165, 1.54) is 43.2 Å². The summed E-state index contributed by atoms with van der Waals surface area (Å²) in [4.78, 5) is 11.7. The molecule has 0 unspecified atom stereocenters. The zero-order valence-corrected chi connectivity index (χ0v) is 17.2. The topological polar surface area (TPSA) is 68.1 Å². The molecule has 1 aliphatic carbocycles. The normalized spacial score (nSPS) is 18.0. The summed E-state index contributed by atoms with van der Waals surface area (Å²) in [7, 11) is 3.87. The second kappa shape index (κ2) is 7.63. The summed E-state index contributed by atoms with van der Waals surface area (Å²) in [6, 6.07) is 4.77. The Labute approximate surface area is 171 Å². The van der Waals surface area contributed by atoms with Crippen LogP contribution in [0.25, 0.3) is 11.0 Å². The van der Waals surface area contributed by atoms with Gasteiger partial charge in [-0.2, -0.15) is 10.1 Å². The minimum absolute atomic E-state index is 0.442. The number of nitrogens with zero attached hydrogens (tertiary/aromatic N) is 5. The molecule has 1 fully saturated rings. The minimum atomic E-state index is 0.442. The Balaban J connectivity index is 1.48. The van der Waals surface area contributed by atoms with Crippen LogP contribution in [0.2, 0.25) is 0 Å². The standard InChI is InChI=1S/C22H28N6O/c1-27-9-8-15-11-20(29-2)19(10-16(15)14-27)25-22-23-12-17-13-24-28(21(17)26-22)18-6-4-3-5-7-18/h10-13,18H,3-9,14H2,1-2H3,(H,23,25,26). The SMILES string of the molecule is COc1cc2c(cc1Nc1ncc3cnn(C4CCCCC4)c3n1)CN(C)CC2. The molecule has 2 aliphatic rings. The number of likely N-dealkylation sites (N-methyl/N-ethyl adjacent to an activating group) is 1. The number of methoxy groups -OCH3 is 1. The molecule has 0 bridgehead atoms. The molecule has 7 nitrogen and oxygen atoms in total. The van der Waals surface area contributed by atoms with Crippen molar-refractivity contribution in [2.24, 2.45) is 0 Å². The number of hydrogen-bond donors (Lipinski definition) is 1. The van der Waals surface area contributed by atoms with E-state index in [-0.39, 0.29) is 0 Å². The molecule has 0 amide bonds. The van der Waals surface area contributed by atoms with Crippen molar-refractivity contribution in [1.29, 1.82) is 0 Å². The number of benzene rings is 1. The van der Waals surface area contributed by atoms with Gasteiger partial charge in [-0.3, -0.25) is 0 Å². The van der Waals surface area contributed by atoms with E-state index >= 15 is 0 Å². The van der Waals surface area contributed by atoms with Crippen LogP contribution in [0.3, 0.4) is 0 Å². The number of hydrogen-bond acceptors (Lipinski definition) is 6. The van der Waals surface area contributed by atoms with Crippen LogP contribution in [0.1, 0.15) is 49.3 Å². The molecular weight excluding hydrogens is 364 g/mol. The maximum absolute atomic E-state index is 5.65. The molecule has 0 atom stereocenters. The van der Waals surface area contributed by atoms with Crippen molar-refractivity contribution in [2.75, 3.05) is 26.0 Å². The van der Waals surface area contributed by atoms with Gasteiger partial charge in [-0.15, -0.1) is 0 Å². The molecule has 3 aromatic rings. The summed E-state index contributed by atoms with van der Waals surface area (Å²) in [5, 5.41) is 9.00. The monoisotopic (exact) mass is 392 g/mol. The van der Waals surface area contributed by atoms with Crippen molar-refractivity contribution < 1.29 is 4.74 Å². The molecule has 3 heterocycles. The zero-order chi connectivity index (χ0) is 19.8. The van der Waals surface area contributed by atoms with E-state index in [0.717, 1.165) is 42.0 Å². The van der Waals surface area contributed by atoms with Crippen molar-refractivity contribution >= 4 is 22.7 Å². The molecule has 0 saturated heterocycles. The van der Waals surface area contributed by atoms with E-state index in [1.807, 2.05) is 12.4 Å². The van der Waals surface area contributed by atoms with Crippen LogP contribution in [0.5, 0.6) is 5.75 Å². The van der Waals surface area contributed by atoms with Gasteiger partial charge in [-0.05, 0) is 49.6 Å². The van der Waals surface area contributed by atoms with E-state index in [1.54, 1.807) is 7.11 Å². The van der Waals surface area contributed by atoms with E-state index in [0.29, 0.717) is 12.0 Å². The van der Waals surface area contributed by atoms with Crippen LogP contribution in [-0.4, -0.2) is 45.4 Å². The Morgan fingerprint density at radius 1 is 1.10 bits per heavy atom. The molecular formula is C22H28N6O. The minimum Gasteiger partial charge on any atom is -0.495 e. The van der Waals surface area contributed by atoms with Gasteiger partial charge >= 0.3 is 0 Å². The van der Waals surface area contributed by atoms with Gasteiger partial charge in [-0.25, -0.2) is 9.67 Å². The van der Waals surface area contributed by atoms with Crippen molar-refractivity contribution in [3.05, 3.63) is 35.7 Å². The zero-order valence-electron chi connectivity index (χ0n) is 17.2. The van der Waals surface area contributed by atoms with E-state index in [4.69, 9.17) is 9.72 Å². The van der Waals surface area contributed by atoms with Gasteiger partial charge < -0.3 is 15.0 Å². The first kappa shape index (κ1) is 18.4. The Hall–Kier alpha value is -2.67. The van der Waals surface area contributed by atoms with Gasteiger partial charge in [0.15, 0.2) is 5.65 Å². The fraction of sp³-hybridized carbons (Fsp3) is 0.500. The van der Waals surface area contributed by atoms with E-state index in [2.05, 4.69) is 44.2 Å². The van der Waals surface area contributed by atoms with Gasteiger partial charge in [-0.1, -0.05) is 19.3 Å². The van der Waals surface area contributed by atoms with E-state index < -0.39 is 0 Å². The predicted molar refractivity (Wildman–Crippen MR) is 114 cm³/mol. The summed E-state index contributed by atoms with van der Waals surface area (Å²) in [6.45, 7) is 2.02. The molecule has 0 radical (unpaired) electrons. The average molecular weight is 393 g/mol. The molecule has 29 heavy (non-hydrogen) atoms. The Kier molecular flexibility index (Phi) is 4.83. The summed E-state index contributed by atoms with van der Waals surface area (Å²) < 4.78 is 7.75. The number of fused-ring (bicyclic) bond motifs is 2. The Morgan fingerprint density at radius 3 is 2.79 bits per heavy atom. The third kappa shape index (κ3) is 3.55. The molecule has 1 aromatic carbocycles. The van der Waals surface area contributed by atoms with Crippen molar-refractivity contribution in [2.45, 2.75) is 51.1 Å². The fourth-order valence-corrected chi connectivity index (χ4v) is 4.60. The third-order valence-corrected chi connectivity index (χ3v) is 6.23. The molecule has 1 saturated carbocycles. The predicted octanol–water partition coefficient (Wildman–Crippen LogP) is 4.07. The van der Waals surface area contributed by atoms with Crippen molar-refractivity contribution in [3.8, 4) is 5.75 Å². The first-order valence-corrected chi connectivity index (χ1v) is 10.6. The highest BCUT2D eigenvalue weighted by Crippen LogP contribution is 2.34. The molecule has 7 heteroatoms. The van der Waals surface area contributed by atoms with Crippen molar-refractivity contribution in [1.82, 2.24) is 24.6 Å². The molecule has 1 N–H and O–H groups in total. The lowest BCUT2D eigenvalue weighted by molar-refractivity contribution is 0.312. The Bertz CT molecular complexity index is 1020. The van der Waals surface area contributed by atoms with Gasteiger partial charge in [0.25, 0.3) is 0 Å². The fourth-order valence-electron chi connectivity index (χ4n) is 4.60. The van der Waals surface area contributed by atoms with Gasteiger partial charge in [0.1, 0.15) is 5.75 Å². The quantitative estimate of drug-likeness (QED) is 0.722. The van der Waals surface area contributed by atoms with Gasteiger partial charge in [0.05, 0.1) is 30.4 Å². The van der Waals surface area contributed by atoms with Crippen LogP contribution in [0.4, 0.5) is 11.6 Å². The second-order valence-corrected chi connectivity index (χ2v) is 8.29. The molecule has 152 valence electrons. The summed E-state index contributed by atoms with van der Waals surface area (Å²) in [5.74, 6) is 1.41. The number of rotatable bonds is 4. The number of anilines is 2. The lowest BCUT2D eigenvalue weighted by Crippen LogP contribution is -2.26. The first-order chi connectivity index (χ1) is 14.2. The number of ether oxygens (including phenoxy) is 1. The Morgan fingerprint density at radius 2 is 1.97 bits per heavy atom. The van der Waals surface area contributed by atoms with Crippen molar-refractivity contribution in [3.63, 3.8) is 0 Å². The highest BCUT2D eigenvalue weighted by atomic mass is 16.5. The van der Waals surface area contributed by atoms with Gasteiger partial charge in [0, 0.05) is 19.3 Å². The molecule has 2 aromatic heterocycles. The number of nitrogens with one attached hydrogen (secondary N) is 1. The van der Waals surface area contributed by atoms with E-state index in [9.17, 15) is 0 Å². The summed E-state index contributed by atoms with van der Waals surface area (Å²) in [6.07, 6.45) is 11.0. The lowest BCUT2D eigenvalue weighted by Gasteiger charge is -2.26. The van der Waals surface area contributed by atoms with Crippen LogP contribution >= 0.6 is 0 Å². The van der Waals surface area contributed by atoms with Gasteiger partial charge in [0.2, 0.25) is 5.95 Å². The highest BCUT2D eigenvalue weighted by Gasteiger charge is 2.20. The first-order valence-electron chi connectivity index (χ1n) is 10.6. The molecule has 1 aliphatic heterocycles. The number of aromatic nitrogens is 4. The molecule has 5 rings (SSSR count). The third-order valence-electron chi connectivity index (χ3n) is 6.23. The van der Waals surface area contributed by atoms with Crippen LogP contribution in [-0.2, 0) is 13.0 Å². The second-order valence-electron chi connectivity index (χ2n) is 8.29. The smallest absolute Gasteiger partial charge is 0.229 e. The maximum Gasteiger partial charge on any atom is 0.229 e. The highest BCUT2D eigenvalue weighted by molar-refractivity contribution is 5.76. The summed E-state index contributed by atoms with van der Waals surface area (Å²) >= 11 is 0. The van der Waals surface area contributed by atoms with Crippen LogP contribution in [0, 0.1) is 0 Å². The lowest BCUT2D eigenvalue weighted by atomic mass is 9.96. The molecule has 0 spiro atoms.